The van der Waals surface area contributed by atoms with E-state index in [0.29, 0.717) is 18.7 Å². The fourth-order valence-electron chi connectivity index (χ4n) is 1.71. The number of amides is 2. The Morgan fingerprint density at radius 1 is 1.19 bits per heavy atom. The van der Waals surface area contributed by atoms with Crippen LogP contribution in [0.1, 0.15) is 30.6 Å². The first kappa shape index (κ1) is 17.0. The highest BCUT2D eigenvalue weighted by atomic mass is 16.3. The summed E-state index contributed by atoms with van der Waals surface area (Å²) >= 11 is 0. The van der Waals surface area contributed by atoms with Crippen LogP contribution >= 0.6 is 0 Å². The van der Waals surface area contributed by atoms with Crippen LogP contribution in [-0.2, 0) is 4.79 Å². The van der Waals surface area contributed by atoms with Gasteiger partial charge in [-0.25, -0.2) is 0 Å². The molecule has 1 aromatic carbocycles. The van der Waals surface area contributed by atoms with Crippen LogP contribution in [0.15, 0.2) is 24.3 Å². The molecule has 1 rings (SSSR count). The summed E-state index contributed by atoms with van der Waals surface area (Å²) in [5.74, 6) is -0.229. The maximum atomic E-state index is 11.8. The van der Waals surface area contributed by atoms with Gasteiger partial charge in [0.1, 0.15) is 5.75 Å². The molecule has 116 valence electrons. The molecule has 0 saturated carbocycles. The van der Waals surface area contributed by atoms with Crippen molar-refractivity contribution in [1.82, 2.24) is 10.6 Å². The number of aromatic hydroxyl groups is 1. The third-order valence-electron chi connectivity index (χ3n) is 3.40. The second-order valence-electron chi connectivity index (χ2n) is 5.01. The summed E-state index contributed by atoms with van der Waals surface area (Å²) in [7, 11) is 0. The second kappa shape index (κ2) is 8.26. The van der Waals surface area contributed by atoms with Crippen LogP contribution in [0.2, 0.25) is 0 Å². The van der Waals surface area contributed by atoms with Crippen molar-refractivity contribution < 1.29 is 14.7 Å². The average molecular weight is 293 g/mol. The molecule has 0 radical (unpaired) electrons. The normalized spacial score (nSPS) is 13.3. The number of phenolic OH excluding ortho intramolecular Hbond substituents is 1. The molecule has 1 aromatic rings. The van der Waals surface area contributed by atoms with Crippen LogP contribution in [0.3, 0.4) is 0 Å². The lowest BCUT2D eigenvalue weighted by atomic mass is 9.99. The minimum atomic E-state index is -0.525. The maximum absolute atomic E-state index is 11.8. The van der Waals surface area contributed by atoms with Crippen LogP contribution in [0, 0.1) is 5.92 Å². The smallest absolute Gasteiger partial charge is 0.251 e. The van der Waals surface area contributed by atoms with Crippen molar-refractivity contribution in [3.63, 3.8) is 0 Å². The van der Waals surface area contributed by atoms with Gasteiger partial charge in [0.25, 0.3) is 5.91 Å². The molecule has 21 heavy (non-hydrogen) atoms. The van der Waals surface area contributed by atoms with Gasteiger partial charge in [0.2, 0.25) is 5.91 Å². The van der Waals surface area contributed by atoms with E-state index in [4.69, 9.17) is 10.8 Å². The van der Waals surface area contributed by atoms with E-state index in [0.717, 1.165) is 6.42 Å². The Labute approximate surface area is 124 Å². The summed E-state index contributed by atoms with van der Waals surface area (Å²) in [5, 5.41) is 14.5. The number of rotatable bonds is 7. The maximum Gasteiger partial charge on any atom is 0.251 e. The monoisotopic (exact) mass is 293 g/mol. The predicted molar refractivity (Wildman–Crippen MR) is 80.9 cm³/mol. The van der Waals surface area contributed by atoms with E-state index in [1.165, 1.54) is 24.3 Å². The topological polar surface area (TPSA) is 104 Å². The molecule has 5 N–H and O–H groups in total. The van der Waals surface area contributed by atoms with Crippen molar-refractivity contribution in [2.45, 2.75) is 26.3 Å². The van der Waals surface area contributed by atoms with Crippen LogP contribution in [-0.4, -0.2) is 36.1 Å². The zero-order chi connectivity index (χ0) is 15.8. The van der Waals surface area contributed by atoms with Crippen molar-refractivity contribution in [2.24, 2.45) is 11.7 Å². The van der Waals surface area contributed by atoms with E-state index in [1.54, 1.807) is 0 Å². The van der Waals surface area contributed by atoms with Crippen molar-refractivity contribution in [3.8, 4) is 5.75 Å². The molecular formula is C15H23N3O3. The number of nitrogens with two attached hydrogens (primary N) is 1. The van der Waals surface area contributed by atoms with Gasteiger partial charge in [0.15, 0.2) is 0 Å². The summed E-state index contributed by atoms with van der Waals surface area (Å²) in [5.41, 5.74) is 6.25. The van der Waals surface area contributed by atoms with E-state index in [2.05, 4.69) is 10.6 Å². The van der Waals surface area contributed by atoms with Gasteiger partial charge in [0.05, 0.1) is 6.04 Å². The minimum Gasteiger partial charge on any atom is -0.508 e. The first-order chi connectivity index (χ1) is 9.95. The second-order valence-corrected chi connectivity index (χ2v) is 5.01. The van der Waals surface area contributed by atoms with E-state index in [-0.39, 0.29) is 23.5 Å². The van der Waals surface area contributed by atoms with E-state index < -0.39 is 6.04 Å². The Hall–Kier alpha value is -2.08. The van der Waals surface area contributed by atoms with Crippen molar-refractivity contribution in [1.29, 1.82) is 0 Å². The number of hydrogen-bond acceptors (Lipinski definition) is 4. The highest BCUT2D eigenvalue weighted by Gasteiger charge is 2.18. The third-order valence-corrected chi connectivity index (χ3v) is 3.40. The highest BCUT2D eigenvalue weighted by Crippen LogP contribution is 2.09. The van der Waals surface area contributed by atoms with E-state index >= 15 is 0 Å². The first-order valence-corrected chi connectivity index (χ1v) is 7.06. The zero-order valence-electron chi connectivity index (χ0n) is 12.4. The summed E-state index contributed by atoms with van der Waals surface area (Å²) in [6.45, 7) is 4.55. The molecule has 0 bridgehead atoms. The summed E-state index contributed by atoms with van der Waals surface area (Å²) < 4.78 is 0. The minimum absolute atomic E-state index is 0.109. The lowest BCUT2D eigenvalue weighted by molar-refractivity contribution is -0.123. The molecule has 2 unspecified atom stereocenters. The van der Waals surface area contributed by atoms with Crippen molar-refractivity contribution in [3.05, 3.63) is 29.8 Å². The Morgan fingerprint density at radius 2 is 1.76 bits per heavy atom. The number of carbonyl (C=O) groups excluding carboxylic acids is 2. The van der Waals surface area contributed by atoms with Crippen molar-refractivity contribution in [2.75, 3.05) is 13.1 Å². The SMILES string of the molecule is CCC(C)C(N)C(=O)NCCNC(=O)c1ccc(O)cc1. The molecule has 6 nitrogen and oxygen atoms in total. The van der Waals surface area contributed by atoms with Gasteiger partial charge < -0.3 is 21.5 Å². The predicted octanol–water partition coefficient (Wildman–Crippen LogP) is 0.612. The van der Waals surface area contributed by atoms with Gasteiger partial charge in [-0.3, -0.25) is 9.59 Å². The molecule has 2 atom stereocenters. The standard InChI is InChI=1S/C15H23N3O3/c1-3-10(2)13(16)15(21)18-9-8-17-14(20)11-4-6-12(19)7-5-11/h4-7,10,13,19H,3,8-9,16H2,1-2H3,(H,17,20)(H,18,21). The van der Waals surface area contributed by atoms with Crippen LogP contribution in [0.25, 0.3) is 0 Å². The Kier molecular flexibility index (Phi) is 6.68. The summed E-state index contributed by atoms with van der Waals surface area (Å²) in [6, 6.07) is 5.43. The van der Waals surface area contributed by atoms with Crippen molar-refractivity contribution >= 4 is 11.8 Å². The molecule has 0 fully saturated rings. The number of benzene rings is 1. The quantitative estimate of drug-likeness (QED) is 0.553. The van der Waals surface area contributed by atoms with Gasteiger partial charge >= 0.3 is 0 Å². The number of carbonyl (C=O) groups is 2. The Balaban J connectivity index is 2.29. The Morgan fingerprint density at radius 3 is 2.33 bits per heavy atom. The van der Waals surface area contributed by atoms with Crippen LogP contribution in [0.4, 0.5) is 0 Å². The van der Waals surface area contributed by atoms with E-state index in [1.807, 2.05) is 13.8 Å². The molecule has 6 heteroatoms. The molecule has 0 aliphatic heterocycles. The van der Waals surface area contributed by atoms with Gasteiger partial charge in [-0.15, -0.1) is 0 Å². The zero-order valence-corrected chi connectivity index (χ0v) is 12.4. The van der Waals surface area contributed by atoms with Crippen LogP contribution < -0.4 is 16.4 Å². The number of nitrogens with one attached hydrogen (secondary N) is 2. The third kappa shape index (κ3) is 5.43. The fourth-order valence-corrected chi connectivity index (χ4v) is 1.71. The summed E-state index contributed by atoms with van der Waals surface area (Å²) in [4.78, 5) is 23.5. The molecule has 0 aliphatic carbocycles. The first-order valence-electron chi connectivity index (χ1n) is 7.06. The number of hydrogen-bond donors (Lipinski definition) is 4. The number of phenols is 1. The van der Waals surface area contributed by atoms with Gasteiger partial charge in [0, 0.05) is 18.7 Å². The average Bonchev–Trinajstić information content (AvgIpc) is 2.50. The molecule has 2 amide bonds. The van der Waals surface area contributed by atoms with Gasteiger partial charge in [-0.05, 0) is 30.2 Å². The Bertz CT molecular complexity index is 474. The highest BCUT2D eigenvalue weighted by molar-refractivity contribution is 5.94. The molecule has 0 saturated heterocycles. The lowest BCUT2D eigenvalue weighted by Gasteiger charge is -2.17. The van der Waals surface area contributed by atoms with Crippen LogP contribution in [0.5, 0.6) is 5.75 Å². The molecule has 0 heterocycles. The molecule has 0 aromatic heterocycles. The van der Waals surface area contributed by atoms with Gasteiger partial charge in [-0.1, -0.05) is 20.3 Å². The van der Waals surface area contributed by atoms with Gasteiger partial charge in [-0.2, -0.15) is 0 Å². The molecule has 0 spiro atoms. The fraction of sp³-hybridized carbons (Fsp3) is 0.467. The van der Waals surface area contributed by atoms with E-state index in [9.17, 15) is 9.59 Å². The summed E-state index contributed by atoms with van der Waals surface area (Å²) in [6.07, 6.45) is 0.839. The molecule has 0 aliphatic rings. The lowest BCUT2D eigenvalue weighted by Crippen LogP contribution is -2.46. The molecular weight excluding hydrogens is 270 g/mol. The largest absolute Gasteiger partial charge is 0.508 e.